The molecule has 1 aromatic carbocycles. The number of unbranched alkanes of at least 4 members (excludes halogenated alkanes) is 4. The monoisotopic (exact) mass is 953 g/mol. The molecule has 1 aliphatic heterocycles. The lowest BCUT2D eigenvalue weighted by Gasteiger charge is -2.39. The van der Waals surface area contributed by atoms with Crippen LogP contribution in [0.2, 0.25) is 0 Å². The number of carbonyl (C=O) groups excluding carboxylic acids is 7. The molecular weight excluding hydrogens is 883 g/mol. The van der Waals surface area contributed by atoms with Crippen molar-refractivity contribution in [3.8, 4) is 0 Å². The number of carboxylic acid groups (broad SMARTS) is 1. The van der Waals surface area contributed by atoms with Crippen molar-refractivity contribution >= 4 is 59.1 Å². The van der Waals surface area contributed by atoms with E-state index in [1.165, 1.54) is 18.7 Å². The van der Waals surface area contributed by atoms with Crippen molar-refractivity contribution in [2.24, 2.45) is 5.92 Å². The van der Waals surface area contributed by atoms with E-state index in [-0.39, 0.29) is 30.7 Å². The first-order chi connectivity index (χ1) is 31.3. The van der Waals surface area contributed by atoms with Gasteiger partial charge in [0.25, 0.3) is 5.91 Å². The van der Waals surface area contributed by atoms with Crippen LogP contribution in [0, 0.1) is 5.92 Å². The summed E-state index contributed by atoms with van der Waals surface area (Å²) in [5.41, 5.74) is 0.245. The molecule has 1 saturated heterocycles. The van der Waals surface area contributed by atoms with Gasteiger partial charge < -0.3 is 67.5 Å². The number of thioether (sulfide) groups is 1. The van der Waals surface area contributed by atoms with Crippen LogP contribution in [0.3, 0.4) is 0 Å². The highest BCUT2D eigenvalue weighted by Gasteiger charge is 2.43. The lowest BCUT2D eigenvalue weighted by molar-refractivity contribution is -0.205. The van der Waals surface area contributed by atoms with Gasteiger partial charge in [-0.1, -0.05) is 78.4 Å². The molecule has 66 heavy (non-hydrogen) atoms. The standard InChI is InChI=1S/C44H71N7O14S/c1-6-8-10-12-29(50-39(59)26(5)48-40(60)28-16-14-27(15-17-28)18-19-66-44-38(58)37(57)36(56)32(24-52)65-44)41(61)47-22-34(54)45-21-33(53)46-23-35(55)49-30(13-11-9-7-2)42(62)51-31(43(63)64)20-25(3)4/h14-17,25-26,29-32,36-38,44,52,56-58H,6-13,18-24H2,1-5H3,(H,45,54)(H,46,53)(H,47,61)(H,48,60)(H,49,55)(H,50,59)(H,51,62)(H,63,64). The van der Waals surface area contributed by atoms with E-state index in [0.29, 0.717) is 25.0 Å². The van der Waals surface area contributed by atoms with E-state index >= 15 is 0 Å². The summed E-state index contributed by atoms with van der Waals surface area (Å²) in [5.74, 6) is -5.41. The molecule has 12 N–H and O–H groups in total. The Bertz CT molecular complexity index is 1740. The van der Waals surface area contributed by atoms with E-state index in [9.17, 15) is 63.9 Å². The summed E-state index contributed by atoms with van der Waals surface area (Å²) in [7, 11) is 0. The minimum Gasteiger partial charge on any atom is -0.480 e. The Balaban J connectivity index is 1.84. The topological polar surface area (TPSA) is 331 Å². The first-order valence-electron chi connectivity index (χ1n) is 22.6. The predicted octanol–water partition coefficient (Wildman–Crippen LogP) is -1.03. The molecule has 22 heteroatoms. The largest absolute Gasteiger partial charge is 0.480 e. The van der Waals surface area contributed by atoms with Crippen LogP contribution in [0.25, 0.3) is 0 Å². The number of carboxylic acids is 1. The van der Waals surface area contributed by atoms with Crippen LogP contribution in [0.1, 0.15) is 108 Å². The Labute approximate surface area is 390 Å². The van der Waals surface area contributed by atoms with Gasteiger partial charge in [-0.2, -0.15) is 0 Å². The molecular formula is C44H71N7O14S. The van der Waals surface area contributed by atoms with Gasteiger partial charge in [0.05, 0.1) is 26.2 Å². The van der Waals surface area contributed by atoms with E-state index in [2.05, 4.69) is 37.2 Å². The van der Waals surface area contributed by atoms with Gasteiger partial charge in [0.1, 0.15) is 54.0 Å². The Morgan fingerprint density at radius 2 is 1.20 bits per heavy atom. The predicted molar refractivity (Wildman–Crippen MR) is 243 cm³/mol. The van der Waals surface area contributed by atoms with Crippen molar-refractivity contribution < 1.29 is 68.6 Å². The fourth-order valence-corrected chi connectivity index (χ4v) is 7.85. The van der Waals surface area contributed by atoms with Gasteiger partial charge in [-0.25, -0.2) is 4.79 Å². The maximum Gasteiger partial charge on any atom is 0.326 e. The lowest BCUT2D eigenvalue weighted by atomic mass is 10.0. The molecule has 9 atom stereocenters. The maximum atomic E-state index is 13.2. The zero-order valence-corrected chi connectivity index (χ0v) is 39.3. The molecule has 21 nitrogen and oxygen atoms in total. The van der Waals surface area contributed by atoms with Crippen molar-refractivity contribution in [3.05, 3.63) is 35.4 Å². The average molecular weight is 954 g/mol. The highest BCUT2D eigenvalue weighted by Crippen LogP contribution is 2.29. The number of amides is 7. The summed E-state index contributed by atoms with van der Waals surface area (Å²) in [5, 5.41) is 66.6. The second-order valence-corrected chi connectivity index (χ2v) is 17.9. The zero-order valence-electron chi connectivity index (χ0n) is 38.5. The van der Waals surface area contributed by atoms with Crippen molar-refractivity contribution in [2.45, 2.75) is 153 Å². The number of hydrogen-bond donors (Lipinski definition) is 12. The van der Waals surface area contributed by atoms with E-state index in [4.69, 9.17) is 4.74 Å². The number of aliphatic hydroxyl groups excluding tert-OH is 4. The fraction of sp³-hybridized carbons (Fsp3) is 0.682. The molecule has 0 aromatic heterocycles. The fourth-order valence-electron chi connectivity index (χ4n) is 6.68. The van der Waals surface area contributed by atoms with E-state index in [1.807, 2.05) is 27.7 Å². The van der Waals surface area contributed by atoms with Gasteiger partial charge >= 0.3 is 5.97 Å². The van der Waals surface area contributed by atoms with Crippen LogP contribution >= 0.6 is 11.8 Å². The maximum absolute atomic E-state index is 13.2. The normalized spacial score (nSPS) is 19.9. The number of aliphatic hydroxyl groups is 4. The van der Waals surface area contributed by atoms with Crippen LogP contribution < -0.4 is 37.2 Å². The van der Waals surface area contributed by atoms with Crippen molar-refractivity contribution in [1.82, 2.24) is 37.2 Å². The SMILES string of the molecule is CCCCCC(NC(=O)CNC(=O)CNC(=O)CNC(=O)C(CCCCC)NC(=O)C(C)NC(=O)c1ccc(CCSC2OC(CO)C(O)C(O)C2O)cc1)C(=O)NC(CC(C)C)C(=O)O. The number of hydrogen-bond acceptors (Lipinski definition) is 14. The van der Waals surface area contributed by atoms with Crippen LogP contribution in [-0.2, 0) is 44.7 Å². The number of rotatable bonds is 30. The molecule has 7 amide bonds. The molecule has 9 unspecified atom stereocenters. The third-order valence-electron chi connectivity index (χ3n) is 10.6. The number of ether oxygens (including phenoxy) is 1. The highest BCUT2D eigenvalue weighted by molar-refractivity contribution is 7.99. The Morgan fingerprint density at radius 3 is 1.74 bits per heavy atom. The average Bonchev–Trinajstić information content (AvgIpc) is 3.28. The molecule has 0 bridgehead atoms. The van der Waals surface area contributed by atoms with Crippen LogP contribution in [0.15, 0.2) is 24.3 Å². The number of carbonyl (C=O) groups is 8. The van der Waals surface area contributed by atoms with Crippen molar-refractivity contribution in [2.75, 3.05) is 32.0 Å². The van der Waals surface area contributed by atoms with Crippen LogP contribution in [0.5, 0.6) is 0 Å². The minimum absolute atomic E-state index is 0.00677. The Morgan fingerprint density at radius 1 is 0.652 bits per heavy atom. The van der Waals surface area contributed by atoms with E-state index < -0.39 is 128 Å². The third-order valence-corrected chi connectivity index (χ3v) is 11.8. The molecule has 0 saturated carbocycles. The van der Waals surface area contributed by atoms with Crippen LogP contribution in [0.4, 0.5) is 0 Å². The molecule has 0 spiro atoms. The first kappa shape index (κ1) is 57.3. The van der Waals surface area contributed by atoms with Gasteiger partial charge in [-0.15, -0.1) is 11.8 Å². The molecule has 2 rings (SSSR count). The number of aryl methyl sites for hydroxylation is 1. The van der Waals surface area contributed by atoms with Gasteiger partial charge in [-0.3, -0.25) is 33.6 Å². The van der Waals surface area contributed by atoms with E-state index in [0.717, 1.165) is 31.2 Å². The Hall–Kier alpha value is -4.87. The summed E-state index contributed by atoms with van der Waals surface area (Å²) in [4.78, 5) is 102. The summed E-state index contributed by atoms with van der Waals surface area (Å²) in [6, 6.07) is 2.32. The van der Waals surface area contributed by atoms with Crippen molar-refractivity contribution in [3.63, 3.8) is 0 Å². The quantitative estimate of drug-likeness (QED) is 0.0411. The van der Waals surface area contributed by atoms with Crippen LogP contribution in [-0.4, -0.2) is 159 Å². The molecule has 0 aliphatic carbocycles. The first-order valence-corrected chi connectivity index (χ1v) is 23.6. The summed E-state index contributed by atoms with van der Waals surface area (Å²) in [6.45, 7) is 6.90. The number of benzene rings is 1. The molecule has 0 radical (unpaired) electrons. The van der Waals surface area contributed by atoms with Crippen molar-refractivity contribution in [1.29, 1.82) is 0 Å². The summed E-state index contributed by atoms with van der Waals surface area (Å²) in [6.07, 6.45) is 0.343. The summed E-state index contributed by atoms with van der Waals surface area (Å²) < 4.78 is 5.51. The zero-order chi connectivity index (χ0) is 49.3. The molecule has 1 aliphatic rings. The molecule has 1 heterocycles. The Kier molecular flexibility index (Phi) is 26.4. The number of nitrogens with one attached hydrogen (secondary N) is 7. The molecule has 1 fully saturated rings. The summed E-state index contributed by atoms with van der Waals surface area (Å²) >= 11 is 1.20. The van der Waals surface area contributed by atoms with Gasteiger partial charge in [0.2, 0.25) is 35.4 Å². The minimum atomic E-state index is -1.46. The van der Waals surface area contributed by atoms with Gasteiger partial charge in [0.15, 0.2) is 0 Å². The lowest BCUT2D eigenvalue weighted by Crippen LogP contribution is -2.57. The third kappa shape index (κ3) is 20.7. The number of aliphatic carboxylic acids is 1. The second-order valence-electron chi connectivity index (χ2n) is 16.7. The van der Waals surface area contributed by atoms with Gasteiger partial charge in [0, 0.05) is 5.56 Å². The second kappa shape index (κ2) is 30.4. The molecule has 372 valence electrons. The van der Waals surface area contributed by atoms with E-state index in [1.54, 1.807) is 24.3 Å². The molecule has 1 aromatic rings. The smallest absolute Gasteiger partial charge is 0.326 e. The highest BCUT2D eigenvalue weighted by atomic mass is 32.2. The van der Waals surface area contributed by atoms with Gasteiger partial charge in [-0.05, 0) is 62.0 Å².